The van der Waals surface area contributed by atoms with E-state index in [9.17, 15) is 14.0 Å². The van der Waals surface area contributed by atoms with Crippen LogP contribution in [0.3, 0.4) is 0 Å². The Balaban J connectivity index is 1.44. The van der Waals surface area contributed by atoms with Crippen LogP contribution in [0.2, 0.25) is 0 Å². The van der Waals surface area contributed by atoms with Gasteiger partial charge in [-0.05, 0) is 54.8 Å². The standard InChI is InChI=1S/C23H24FNO5/c1-16(23(27)25-12-11-17-3-7-19(24)8-4-17)30-22(26)10-6-18-5-9-20-21(15-18)29-14-2-13-28-20/h3-10,15-16H,2,11-14H2,1H3,(H,25,27)/b10-6+/t16-/m1/s1. The molecule has 2 aromatic rings. The summed E-state index contributed by atoms with van der Waals surface area (Å²) in [5, 5.41) is 2.70. The summed E-state index contributed by atoms with van der Waals surface area (Å²) in [6.45, 7) is 3.06. The van der Waals surface area contributed by atoms with Crippen LogP contribution in [0, 0.1) is 5.82 Å². The van der Waals surface area contributed by atoms with Crippen LogP contribution < -0.4 is 14.8 Å². The highest BCUT2D eigenvalue weighted by atomic mass is 19.1. The van der Waals surface area contributed by atoms with E-state index in [2.05, 4.69) is 5.32 Å². The van der Waals surface area contributed by atoms with Crippen molar-refractivity contribution in [1.29, 1.82) is 0 Å². The van der Waals surface area contributed by atoms with Crippen molar-refractivity contribution in [3.8, 4) is 11.5 Å². The van der Waals surface area contributed by atoms with Gasteiger partial charge in [0.15, 0.2) is 17.6 Å². The molecule has 0 saturated carbocycles. The monoisotopic (exact) mass is 413 g/mol. The first kappa shape index (κ1) is 21.4. The fourth-order valence-corrected chi connectivity index (χ4v) is 2.84. The lowest BCUT2D eigenvalue weighted by Gasteiger charge is -2.12. The number of amides is 1. The summed E-state index contributed by atoms with van der Waals surface area (Å²) in [7, 11) is 0. The lowest BCUT2D eigenvalue weighted by atomic mass is 10.1. The number of benzene rings is 2. The Labute approximate surface area is 174 Å². The van der Waals surface area contributed by atoms with Gasteiger partial charge in [-0.1, -0.05) is 18.2 Å². The maximum atomic E-state index is 12.9. The number of esters is 1. The van der Waals surface area contributed by atoms with Gasteiger partial charge in [-0.25, -0.2) is 9.18 Å². The van der Waals surface area contributed by atoms with Crippen molar-refractivity contribution in [2.45, 2.75) is 25.9 Å². The van der Waals surface area contributed by atoms with E-state index in [-0.39, 0.29) is 5.82 Å². The van der Waals surface area contributed by atoms with Crippen LogP contribution >= 0.6 is 0 Å². The number of halogens is 1. The third-order valence-corrected chi connectivity index (χ3v) is 4.47. The Hall–Kier alpha value is -3.35. The third-order valence-electron chi connectivity index (χ3n) is 4.47. The molecule has 30 heavy (non-hydrogen) atoms. The van der Waals surface area contributed by atoms with E-state index >= 15 is 0 Å². The Bertz CT molecular complexity index is 910. The van der Waals surface area contributed by atoms with Crippen LogP contribution in [0.4, 0.5) is 4.39 Å². The predicted molar refractivity (Wildman–Crippen MR) is 110 cm³/mol. The van der Waals surface area contributed by atoms with Gasteiger partial charge in [0.25, 0.3) is 5.91 Å². The highest BCUT2D eigenvalue weighted by Gasteiger charge is 2.16. The second-order valence-corrected chi connectivity index (χ2v) is 6.84. The highest BCUT2D eigenvalue weighted by Crippen LogP contribution is 2.30. The second kappa shape index (κ2) is 10.4. The number of hydrogen-bond donors (Lipinski definition) is 1. The predicted octanol–water partition coefficient (Wildman–Crippen LogP) is 3.29. The molecule has 158 valence electrons. The number of fused-ring (bicyclic) bond motifs is 1. The summed E-state index contributed by atoms with van der Waals surface area (Å²) in [4.78, 5) is 24.1. The van der Waals surface area contributed by atoms with Crippen LogP contribution in [0.15, 0.2) is 48.5 Å². The van der Waals surface area contributed by atoms with E-state index in [4.69, 9.17) is 14.2 Å². The van der Waals surface area contributed by atoms with Crippen LogP contribution in [-0.4, -0.2) is 37.7 Å². The normalized spacial score (nSPS) is 14.1. The Morgan fingerprint density at radius 3 is 2.63 bits per heavy atom. The number of ether oxygens (including phenoxy) is 3. The van der Waals surface area contributed by atoms with Crippen molar-refractivity contribution in [1.82, 2.24) is 5.32 Å². The fourth-order valence-electron chi connectivity index (χ4n) is 2.84. The van der Waals surface area contributed by atoms with Gasteiger partial charge in [-0.3, -0.25) is 4.79 Å². The fraction of sp³-hybridized carbons (Fsp3) is 0.304. The molecule has 1 atom stereocenters. The van der Waals surface area contributed by atoms with Crippen molar-refractivity contribution in [2.24, 2.45) is 0 Å². The number of rotatable bonds is 7. The highest BCUT2D eigenvalue weighted by molar-refractivity contribution is 5.90. The maximum absolute atomic E-state index is 12.9. The molecule has 0 unspecified atom stereocenters. The van der Waals surface area contributed by atoms with E-state index < -0.39 is 18.0 Å². The molecular weight excluding hydrogens is 389 g/mol. The molecule has 0 fully saturated rings. The average molecular weight is 413 g/mol. The van der Waals surface area contributed by atoms with Crippen molar-refractivity contribution >= 4 is 18.0 Å². The minimum atomic E-state index is -0.931. The molecule has 1 heterocycles. The van der Waals surface area contributed by atoms with E-state index in [1.54, 1.807) is 30.3 Å². The van der Waals surface area contributed by atoms with E-state index in [1.165, 1.54) is 25.1 Å². The van der Waals surface area contributed by atoms with Crippen LogP contribution in [0.25, 0.3) is 6.08 Å². The molecule has 1 aliphatic heterocycles. The Kier molecular flexibility index (Phi) is 7.43. The average Bonchev–Trinajstić information content (AvgIpc) is 2.98. The van der Waals surface area contributed by atoms with Gasteiger partial charge < -0.3 is 19.5 Å². The maximum Gasteiger partial charge on any atom is 0.331 e. The van der Waals surface area contributed by atoms with Gasteiger partial charge in [-0.2, -0.15) is 0 Å². The molecule has 1 N–H and O–H groups in total. The zero-order chi connectivity index (χ0) is 21.3. The van der Waals surface area contributed by atoms with Gasteiger partial charge in [-0.15, -0.1) is 0 Å². The zero-order valence-electron chi connectivity index (χ0n) is 16.7. The molecule has 3 rings (SSSR count). The number of carbonyl (C=O) groups excluding carboxylic acids is 2. The summed E-state index contributed by atoms with van der Waals surface area (Å²) in [5.41, 5.74) is 1.66. The molecule has 0 bridgehead atoms. The smallest absolute Gasteiger partial charge is 0.331 e. The topological polar surface area (TPSA) is 73.9 Å². The number of carbonyl (C=O) groups is 2. The van der Waals surface area contributed by atoms with Gasteiger partial charge >= 0.3 is 5.97 Å². The second-order valence-electron chi connectivity index (χ2n) is 6.84. The van der Waals surface area contributed by atoms with Crippen molar-refractivity contribution in [3.05, 3.63) is 65.5 Å². The minimum absolute atomic E-state index is 0.303. The Morgan fingerprint density at radius 2 is 1.87 bits per heavy atom. The zero-order valence-corrected chi connectivity index (χ0v) is 16.7. The van der Waals surface area contributed by atoms with Crippen LogP contribution in [0.1, 0.15) is 24.5 Å². The SMILES string of the molecule is C[C@@H](OC(=O)/C=C/c1ccc2c(c1)OCCCO2)C(=O)NCCc1ccc(F)cc1. The molecule has 2 aromatic carbocycles. The molecule has 6 nitrogen and oxygen atoms in total. The largest absolute Gasteiger partial charge is 0.490 e. The Morgan fingerprint density at radius 1 is 1.13 bits per heavy atom. The van der Waals surface area contributed by atoms with Crippen molar-refractivity contribution in [3.63, 3.8) is 0 Å². The van der Waals surface area contributed by atoms with Gasteiger partial charge in [0.05, 0.1) is 13.2 Å². The molecule has 1 amide bonds. The summed E-state index contributed by atoms with van der Waals surface area (Å²) in [6, 6.07) is 11.5. The van der Waals surface area contributed by atoms with Gasteiger partial charge in [0.1, 0.15) is 5.82 Å². The first-order chi connectivity index (χ1) is 14.5. The first-order valence-corrected chi connectivity index (χ1v) is 9.82. The lowest BCUT2D eigenvalue weighted by molar-refractivity contribution is -0.150. The van der Waals surface area contributed by atoms with Gasteiger partial charge in [0.2, 0.25) is 0 Å². The van der Waals surface area contributed by atoms with Gasteiger partial charge in [0, 0.05) is 19.0 Å². The molecule has 7 heteroatoms. The van der Waals surface area contributed by atoms with E-state index in [0.717, 1.165) is 17.5 Å². The first-order valence-electron chi connectivity index (χ1n) is 9.82. The third kappa shape index (κ3) is 6.34. The molecule has 0 aliphatic carbocycles. The number of hydrogen-bond acceptors (Lipinski definition) is 5. The molecule has 0 aromatic heterocycles. The minimum Gasteiger partial charge on any atom is -0.490 e. The molecular formula is C23H24FNO5. The van der Waals surface area contributed by atoms with E-state index in [1.807, 2.05) is 6.07 Å². The van der Waals surface area contributed by atoms with Crippen molar-refractivity contribution in [2.75, 3.05) is 19.8 Å². The lowest BCUT2D eigenvalue weighted by Crippen LogP contribution is -2.36. The molecule has 0 saturated heterocycles. The van der Waals surface area contributed by atoms with Crippen molar-refractivity contribution < 1.29 is 28.2 Å². The number of nitrogens with one attached hydrogen (secondary N) is 1. The molecule has 1 aliphatic rings. The summed E-state index contributed by atoms with van der Waals surface area (Å²) < 4.78 is 29.2. The summed E-state index contributed by atoms with van der Waals surface area (Å²) >= 11 is 0. The summed E-state index contributed by atoms with van der Waals surface area (Å²) in [5.74, 6) is -0.00377. The summed E-state index contributed by atoms with van der Waals surface area (Å²) in [6.07, 6.45) is 3.30. The van der Waals surface area contributed by atoms with E-state index in [0.29, 0.717) is 37.7 Å². The molecule has 0 spiro atoms. The quantitative estimate of drug-likeness (QED) is 0.557. The van der Waals surface area contributed by atoms with Crippen LogP contribution in [0.5, 0.6) is 11.5 Å². The van der Waals surface area contributed by atoms with Crippen LogP contribution in [-0.2, 0) is 20.7 Å². The molecule has 0 radical (unpaired) electrons.